The zero-order chi connectivity index (χ0) is 23.7. The minimum absolute atomic E-state index is 0.0949. The smallest absolute Gasteiger partial charge is 0.274 e. The van der Waals surface area contributed by atoms with Crippen molar-refractivity contribution in [2.75, 3.05) is 23.3 Å². The molecule has 3 aromatic rings. The first-order valence-electron chi connectivity index (χ1n) is 10.3. The van der Waals surface area contributed by atoms with Crippen LogP contribution in [0.1, 0.15) is 17.4 Å². The minimum Gasteiger partial charge on any atom is -0.391 e. The third-order valence-corrected chi connectivity index (χ3v) is 5.63. The first kappa shape index (κ1) is 22.7. The molecule has 0 spiro atoms. The molecule has 1 saturated heterocycles. The summed E-state index contributed by atoms with van der Waals surface area (Å²) in [7, 11) is 0. The standard InChI is InChI=1S/C23H22F3N5O2/c1-12-10-31(11-16(27)22(12)32)19-7-8-28-9-18(19)30-23(33)17-6-5-15(26)21(29-17)20-13(24)3-2-4-14(20)25/h2-9,12,16,22,32H,10-11,27H2,1H3,(H,30,33). The van der Waals surface area contributed by atoms with E-state index in [-0.39, 0.29) is 11.6 Å². The zero-order valence-corrected chi connectivity index (χ0v) is 17.7. The van der Waals surface area contributed by atoms with Crippen molar-refractivity contribution in [1.29, 1.82) is 0 Å². The number of aliphatic hydroxyl groups is 1. The lowest BCUT2D eigenvalue weighted by Gasteiger charge is -2.40. The number of nitrogens with one attached hydrogen (secondary N) is 1. The van der Waals surface area contributed by atoms with Crippen molar-refractivity contribution in [3.8, 4) is 11.3 Å². The number of rotatable bonds is 4. The van der Waals surface area contributed by atoms with Crippen LogP contribution >= 0.6 is 0 Å². The van der Waals surface area contributed by atoms with Gasteiger partial charge in [-0.2, -0.15) is 0 Å². The number of aromatic nitrogens is 2. The van der Waals surface area contributed by atoms with Crippen LogP contribution in [0.25, 0.3) is 11.3 Å². The van der Waals surface area contributed by atoms with Crippen molar-refractivity contribution in [2.24, 2.45) is 11.7 Å². The van der Waals surface area contributed by atoms with Gasteiger partial charge in [-0.1, -0.05) is 13.0 Å². The highest BCUT2D eigenvalue weighted by atomic mass is 19.1. The Balaban J connectivity index is 1.63. The zero-order valence-electron chi connectivity index (χ0n) is 17.7. The van der Waals surface area contributed by atoms with E-state index in [1.54, 1.807) is 12.3 Å². The fourth-order valence-corrected chi connectivity index (χ4v) is 3.92. The molecule has 7 nitrogen and oxygen atoms in total. The number of carbonyl (C=O) groups excluding carboxylic acids is 1. The summed E-state index contributed by atoms with van der Waals surface area (Å²) in [5.74, 6) is -3.76. The predicted octanol–water partition coefficient (Wildman–Crippen LogP) is 2.96. The SMILES string of the molecule is CC1CN(c2ccncc2NC(=O)c2ccc(F)c(-c3c(F)cccc3F)n2)CC(N)C1O. The number of nitrogens with two attached hydrogens (primary N) is 1. The monoisotopic (exact) mass is 457 g/mol. The highest BCUT2D eigenvalue weighted by molar-refractivity contribution is 6.04. The van der Waals surface area contributed by atoms with Gasteiger partial charge >= 0.3 is 0 Å². The van der Waals surface area contributed by atoms with Crippen LogP contribution in [-0.2, 0) is 0 Å². The molecule has 0 bridgehead atoms. The first-order valence-corrected chi connectivity index (χ1v) is 10.3. The van der Waals surface area contributed by atoms with E-state index in [4.69, 9.17) is 5.73 Å². The third kappa shape index (κ3) is 4.53. The number of anilines is 2. The van der Waals surface area contributed by atoms with Gasteiger partial charge in [0, 0.05) is 31.2 Å². The Morgan fingerprint density at radius 1 is 1.12 bits per heavy atom. The number of halogens is 3. The molecule has 1 aromatic carbocycles. The van der Waals surface area contributed by atoms with Crippen molar-refractivity contribution < 1.29 is 23.1 Å². The Hall–Kier alpha value is -3.50. The molecule has 4 rings (SSSR count). The van der Waals surface area contributed by atoms with E-state index in [2.05, 4.69) is 15.3 Å². The lowest BCUT2D eigenvalue weighted by atomic mass is 9.92. The first-order chi connectivity index (χ1) is 15.8. The summed E-state index contributed by atoms with van der Waals surface area (Å²) >= 11 is 0. The lowest BCUT2D eigenvalue weighted by molar-refractivity contribution is 0.0785. The third-order valence-electron chi connectivity index (χ3n) is 5.63. The van der Waals surface area contributed by atoms with Crippen molar-refractivity contribution in [3.63, 3.8) is 0 Å². The van der Waals surface area contributed by atoms with Crippen LogP contribution in [0, 0.1) is 23.4 Å². The molecule has 172 valence electrons. The topological polar surface area (TPSA) is 104 Å². The second-order valence-corrected chi connectivity index (χ2v) is 8.01. The van der Waals surface area contributed by atoms with E-state index < -0.39 is 46.8 Å². The van der Waals surface area contributed by atoms with E-state index >= 15 is 0 Å². The van der Waals surface area contributed by atoms with Crippen LogP contribution in [0.15, 0.2) is 48.8 Å². The van der Waals surface area contributed by atoms with E-state index in [9.17, 15) is 23.1 Å². The van der Waals surface area contributed by atoms with Crippen LogP contribution in [0.2, 0.25) is 0 Å². The highest BCUT2D eigenvalue weighted by Gasteiger charge is 2.32. The van der Waals surface area contributed by atoms with Crippen molar-refractivity contribution in [3.05, 3.63) is 71.9 Å². The molecule has 1 amide bonds. The fourth-order valence-electron chi connectivity index (χ4n) is 3.92. The maximum atomic E-state index is 14.3. The Kier molecular flexibility index (Phi) is 6.30. The summed E-state index contributed by atoms with van der Waals surface area (Å²) in [6, 6.07) is 6.40. The van der Waals surface area contributed by atoms with Crippen LogP contribution in [0.5, 0.6) is 0 Å². The average molecular weight is 457 g/mol. The Morgan fingerprint density at radius 3 is 2.55 bits per heavy atom. The van der Waals surface area contributed by atoms with Gasteiger partial charge in [-0.25, -0.2) is 18.2 Å². The Morgan fingerprint density at radius 2 is 1.85 bits per heavy atom. The normalized spacial score (nSPS) is 20.5. The van der Waals surface area contributed by atoms with Gasteiger partial charge < -0.3 is 21.1 Å². The van der Waals surface area contributed by atoms with Gasteiger partial charge in [-0.05, 0) is 30.3 Å². The van der Waals surface area contributed by atoms with E-state index in [1.807, 2.05) is 11.8 Å². The summed E-state index contributed by atoms with van der Waals surface area (Å²) in [6.45, 7) is 2.75. The summed E-state index contributed by atoms with van der Waals surface area (Å²) in [6.07, 6.45) is 2.36. The maximum Gasteiger partial charge on any atom is 0.274 e. The molecule has 0 aliphatic carbocycles. The molecule has 3 heterocycles. The number of pyridine rings is 2. The summed E-state index contributed by atoms with van der Waals surface area (Å²) in [4.78, 5) is 22.8. The number of piperidine rings is 1. The molecule has 2 aromatic heterocycles. The molecule has 33 heavy (non-hydrogen) atoms. The van der Waals surface area contributed by atoms with Crippen LogP contribution < -0.4 is 16.0 Å². The lowest BCUT2D eigenvalue weighted by Crippen LogP contribution is -2.55. The molecular weight excluding hydrogens is 435 g/mol. The largest absolute Gasteiger partial charge is 0.391 e. The molecule has 0 saturated carbocycles. The Labute approximate surface area is 188 Å². The van der Waals surface area contributed by atoms with Crippen LogP contribution in [0.4, 0.5) is 24.5 Å². The van der Waals surface area contributed by atoms with Gasteiger partial charge in [-0.3, -0.25) is 9.78 Å². The number of hydrogen-bond donors (Lipinski definition) is 3. The van der Waals surface area contributed by atoms with Gasteiger partial charge in [0.1, 0.15) is 28.8 Å². The Bertz CT molecular complexity index is 1160. The summed E-state index contributed by atoms with van der Waals surface area (Å²) in [5, 5.41) is 12.8. The number of benzene rings is 1. The predicted molar refractivity (Wildman–Crippen MR) is 117 cm³/mol. The van der Waals surface area contributed by atoms with Gasteiger partial charge in [0.15, 0.2) is 0 Å². The molecule has 1 aliphatic heterocycles. The van der Waals surface area contributed by atoms with E-state index in [0.29, 0.717) is 24.5 Å². The number of nitrogens with zero attached hydrogens (tertiary/aromatic N) is 3. The van der Waals surface area contributed by atoms with Crippen molar-refractivity contribution >= 4 is 17.3 Å². The summed E-state index contributed by atoms with van der Waals surface area (Å²) < 4.78 is 42.7. The van der Waals surface area contributed by atoms with Crippen LogP contribution in [0.3, 0.4) is 0 Å². The van der Waals surface area contributed by atoms with Gasteiger partial charge in [0.25, 0.3) is 5.91 Å². The minimum atomic E-state index is -0.994. The van der Waals surface area contributed by atoms with Crippen molar-refractivity contribution in [1.82, 2.24) is 9.97 Å². The molecule has 1 fully saturated rings. The van der Waals surface area contributed by atoms with Crippen molar-refractivity contribution in [2.45, 2.75) is 19.1 Å². The highest BCUT2D eigenvalue weighted by Crippen LogP contribution is 2.30. The van der Waals surface area contributed by atoms with Gasteiger partial charge in [0.2, 0.25) is 0 Å². The number of carbonyl (C=O) groups is 1. The van der Waals surface area contributed by atoms with E-state index in [1.165, 1.54) is 6.20 Å². The number of aliphatic hydroxyl groups excluding tert-OH is 1. The van der Waals surface area contributed by atoms with Crippen LogP contribution in [-0.4, -0.2) is 46.2 Å². The molecular formula is C23H22F3N5O2. The quantitative estimate of drug-likeness (QED) is 0.557. The molecule has 3 unspecified atom stereocenters. The van der Waals surface area contributed by atoms with Gasteiger partial charge in [0.05, 0.1) is 29.2 Å². The number of hydrogen-bond acceptors (Lipinski definition) is 6. The summed E-state index contributed by atoms with van der Waals surface area (Å²) in [5.41, 5.74) is 5.55. The molecule has 4 N–H and O–H groups in total. The molecule has 1 aliphatic rings. The number of amides is 1. The maximum absolute atomic E-state index is 14.3. The molecule has 10 heteroatoms. The second-order valence-electron chi connectivity index (χ2n) is 8.01. The van der Waals surface area contributed by atoms with E-state index in [0.717, 1.165) is 30.3 Å². The second kappa shape index (κ2) is 9.16. The molecule has 0 radical (unpaired) electrons. The average Bonchev–Trinajstić information content (AvgIpc) is 2.78. The molecule has 3 atom stereocenters. The fraction of sp³-hybridized carbons (Fsp3) is 0.261. The van der Waals surface area contributed by atoms with Gasteiger partial charge in [-0.15, -0.1) is 0 Å².